The molecule has 0 saturated carbocycles. The van der Waals surface area contributed by atoms with E-state index < -0.39 is 0 Å². The smallest absolute Gasteiger partial charge is 0.256 e. The molecule has 1 aromatic carbocycles. The van der Waals surface area contributed by atoms with Gasteiger partial charge < -0.3 is 10.2 Å². The third kappa shape index (κ3) is 4.05. The number of piperidine rings is 1. The van der Waals surface area contributed by atoms with Gasteiger partial charge in [0.15, 0.2) is 0 Å². The minimum Gasteiger partial charge on any atom is -0.329 e. The van der Waals surface area contributed by atoms with E-state index >= 15 is 0 Å². The topological polar surface area (TPSA) is 92.5 Å². The Balaban J connectivity index is 1.48. The van der Waals surface area contributed by atoms with Crippen LogP contribution in [0.3, 0.4) is 0 Å². The van der Waals surface area contributed by atoms with Gasteiger partial charge in [-0.25, -0.2) is 9.97 Å². The van der Waals surface area contributed by atoms with Gasteiger partial charge in [0, 0.05) is 36.3 Å². The quantitative estimate of drug-likeness (QED) is 0.456. The van der Waals surface area contributed by atoms with Crippen LogP contribution in [-0.2, 0) is 4.79 Å². The molecule has 1 atom stereocenters. The molecule has 34 heavy (non-hydrogen) atoms. The Morgan fingerprint density at radius 1 is 1.09 bits per heavy atom. The first-order valence-electron chi connectivity index (χ1n) is 11.2. The van der Waals surface area contributed by atoms with Crippen molar-refractivity contribution in [3.63, 3.8) is 0 Å². The number of amides is 2. The fraction of sp³-hybridized carbons (Fsp3) is 0.192. The lowest BCUT2D eigenvalue weighted by molar-refractivity contribution is -0.129. The van der Waals surface area contributed by atoms with Crippen LogP contribution in [0.2, 0.25) is 0 Å². The molecular formula is C26H24N6O2. The van der Waals surface area contributed by atoms with E-state index in [2.05, 4.69) is 21.9 Å². The molecule has 2 amide bonds. The van der Waals surface area contributed by atoms with Crippen molar-refractivity contribution >= 4 is 23.1 Å². The zero-order chi connectivity index (χ0) is 23.5. The standard InChI is InChI=1S/C26H24N6O2/c1-2-23(33)31-15-6-4-7-20(31)25-30-24(21-17-27-14-16-32(21)25)18-9-11-19(12-10-18)26(34)29-22-8-3-5-13-28-22/h2-3,5,8-14,16-17,20H,1,4,6-7,15H2,(H,28,29,34)/t20-/m0/s1. The average molecular weight is 453 g/mol. The molecule has 1 saturated heterocycles. The lowest BCUT2D eigenvalue weighted by Crippen LogP contribution is -2.38. The molecule has 1 aliphatic rings. The van der Waals surface area contributed by atoms with E-state index in [1.54, 1.807) is 42.9 Å². The van der Waals surface area contributed by atoms with Crippen LogP contribution in [0.25, 0.3) is 16.8 Å². The van der Waals surface area contributed by atoms with Gasteiger partial charge in [-0.05, 0) is 49.6 Å². The van der Waals surface area contributed by atoms with Crippen LogP contribution in [0.5, 0.6) is 0 Å². The molecule has 1 N–H and O–H groups in total. The monoisotopic (exact) mass is 452 g/mol. The number of carbonyl (C=O) groups excluding carboxylic acids is 2. The third-order valence-electron chi connectivity index (χ3n) is 6.06. The van der Waals surface area contributed by atoms with E-state index in [-0.39, 0.29) is 17.9 Å². The van der Waals surface area contributed by atoms with Crippen LogP contribution in [0.15, 0.2) is 79.9 Å². The molecule has 4 heterocycles. The van der Waals surface area contributed by atoms with Gasteiger partial charge in [-0.15, -0.1) is 0 Å². The zero-order valence-corrected chi connectivity index (χ0v) is 18.6. The molecular weight excluding hydrogens is 428 g/mol. The maximum atomic E-state index is 12.6. The largest absolute Gasteiger partial charge is 0.329 e. The van der Waals surface area contributed by atoms with E-state index in [0.29, 0.717) is 17.9 Å². The van der Waals surface area contributed by atoms with Gasteiger partial charge in [-0.2, -0.15) is 0 Å². The van der Waals surface area contributed by atoms with E-state index in [0.717, 1.165) is 41.9 Å². The second-order valence-corrected chi connectivity index (χ2v) is 8.14. The summed E-state index contributed by atoms with van der Waals surface area (Å²) in [6, 6.07) is 12.5. The van der Waals surface area contributed by atoms with Crippen molar-refractivity contribution in [2.24, 2.45) is 0 Å². The summed E-state index contributed by atoms with van der Waals surface area (Å²) in [5, 5.41) is 2.79. The number of nitrogens with one attached hydrogen (secondary N) is 1. The predicted octanol–water partition coefficient (Wildman–Crippen LogP) is 4.28. The highest BCUT2D eigenvalue weighted by Gasteiger charge is 2.31. The highest BCUT2D eigenvalue weighted by Crippen LogP contribution is 2.34. The number of hydrogen-bond acceptors (Lipinski definition) is 5. The summed E-state index contributed by atoms with van der Waals surface area (Å²) in [7, 11) is 0. The minimum atomic E-state index is -0.233. The molecule has 8 nitrogen and oxygen atoms in total. The Morgan fingerprint density at radius 2 is 1.94 bits per heavy atom. The molecule has 3 aromatic heterocycles. The van der Waals surface area contributed by atoms with Crippen molar-refractivity contribution in [1.82, 2.24) is 24.3 Å². The first kappa shape index (κ1) is 21.5. The Labute approximate surface area is 197 Å². The van der Waals surface area contributed by atoms with E-state index in [4.69, 9.17) is 4.98 Å². The second-order valence-electron chi connectivity index (χ2n) is 8.14. The molecule has 170 valence electrons. The van der Waals surface area contributed by atoms with E-state index in [1.165, 1.54) is 6.08 Å². The van der Waals surface area contributed by atoms with Crippen molar-refractivity contribution in [3.8, 4) is 11.3 Å². The van der Waals surface area contributed by atoms with Gasteiger partial charge in [0.05, 0.1) is 23.4 Å². The highest BCUT2D eigenvalue weighted by molar-refractivity contribution is 6.04. The normalized spacial score (nSPS) is 15.8. The van der Waals surface area contributed by atoms with Crippen LogP contribution >= 0.6 is 0 Å². The summed E-state index contributed by atoms with van der Waals surface area (Å²) in [5.74, 6) is 0.987. The first-order chi connectivity index (χ1) is 16.7. The number of imidazole rings is 1. The number of carbonyl (C=O) groups is 2. The van der Waals surface area contributed by atoms with Gasteiger partial charge in [-0.1, -0.05) is 24.8 Å². The molecule has 1 fully saturated rings. The molecule has 0 bridgehead atoms. The number of pyridine rings is 1. The molecule has 4 aromatic rings. The number of likely N-dealkylation sites (tertiary alicyclic amines) is 1. The van der Waals surface area contributed by atoms with Gasteiger partial charge in [-0.3, -0.25) is 19.0 Å². The maximum absolute atomic E-state index is 12.6. The van der Waals surface area contributed by atoms with Crippen LogP contribution < -0.4 is 5.32 Å². The lowest BCUT2D eigenvalue weighted by atomic mass is 10.0. The van der Waals surface area contributed by atoms with Crippen LogP contribution in [0.4, 0.5) is 5.82 Å². The first-order valence-corrected chi connectivity index (χ1v) is 11.2. The van der Waals surface area contributed by atoms with Crippen molar-refractivity contribution in [1.29, 1.82) is 0 Å². The average Bonchev–Trinajstić information content (AvgIpc) is 3.28. The van der Waals surface area contributed by atoms with E-state index in [1.807, 2.05) is 33.7 Å². The Kier molecular flexibility index (Phi) is 5.86. The summed E-state index contributed by atoms with van der Waals surface area (Å²) in [4.78, 5) is 40.3. The van der Waals surface area contributed by atoms with Gasteiger partial charge in [0.1, 0.15) is 11.6 Å². The Morgan fingerprint density at radius 3 is 2.71 bits per heavy atom. The van der Waals surface area contributed by atoms with Crippen LogP contribution in [-0.4, -0.2) is 42.6 Å². The fourth-order valence-corrected chi connectivity index (χ4v) is 4.40. The van der Waals surface area contributed by atoms with Crippen molar-refractivity contribution in [2.45, 2.75) is 25.3 Å². The predicted molar refractivity (Wildman–Crippen MR) is 129 cm³/mol. The molecule has 0 spiro atoms. The molecule has 0 unspecified atom stereocenters. The molecule has 8 heteroatoms. The summed E-state index contributed by atoms with van der Waals surface area (Å²) in [5.41, 5.74) is 2.99. The van der Waals surface area contributed by atoms with Gasteiger partial charge >= 0.3 is 0 Å². The second kappa shape index (κ2) is 9.27. The summed E-state index contributed by atoms with van der Waals surface area (Å²) >= 11 is 0. The number of rotatable bonds is 5. The molecule has 0 aliphatic carbocycles. The number of anilines is 1. The van der Waals surface area contributed by atoms with Crippen molar-refractivity contribution in [2.75, 3.05) is 11.9 Å². The number of aromatic nitrogens is 4. The van der Waals surface area contributed by atoms with E-state index in [9.17, 15) is 9.59 Å². The lowest BCUT2D eigenvalue weighted by Gasteiger charge is -2.34. The number of fused-ring (bicyclic) bond motifs is 1. The molecule has 0 radical (unpaired) electrons. The van der Waals surface area contributed by atoms with Crippen LogP contribution in [0, 0.1) is 0 Å². The Hall–Kier alpha value is -4.33. The van der Waals surface area contributed by atoms with Gasteiger partial charge in [0.25, 0.3) is 5.91 Å². The number of nitrogens with zero attached hydrogens (tertiary/aromatic N) is 5. The minimum absolute atomic E-state index is 0.0830. The molecule has 1 aliphatic heterocycles. The summed E-state index contributed by atoms with van der Waals surface area (Å²) < 4.78 is 2.00. The third-order valence-corrected chi connectivity index (χ3v) is 6.06. The molecule has 5 rings (SSSR count). The van der Waals surface area contributed by atoms with Crippen LogP contribution in [0.1, 0.15) is 41.5 Å². The number of benzene rings is 1. The fourth-order valence-electron chi connectivity index (χ4n) is 4.40. The number of hydrogen-bond donors (Lipinski definition) is 1. The summed E-state index contributed by atoms with van der Waals surface area (Å²) in [6.45, 7) is 4.35. The summed E-state index contributed by atoms with van der Waals surface area (Å²) in [6.07, 6.45) is 11.2. The Bertz CT molecular complexity index is 1350. The van der Waals surface area contributed by atoms with Gasteiger partial charge in [0.2, 0.25) is 5.91 Å². The maximum Gasteiger partial charge on any atom is 0.256 e. The zero-order valence-electron chi connectivity index (χ0n) is 18.6. The van der Waals surface area contributed by atoms with Crippen molar-refractivity contribution in [3.05, 3.63) is 91.3 Å². The highest BCUT2D eigenvalue weighted by atomic mass is 16.2. The van der Waals surface area contributed by atoms with Crippen molar-refractivity contribution < 1.29 is 9.59 Å². The SMILES string of the molecule is C=CC(=O)N1CCCC[C@H]1c1nc(-c2ccc(C(=O)Nc3ccccn3)cc2)c2cnccn12.